The lowest BCUT2D eigenvalue weighted by molar-refractivity contribution is 0.0918. The Balaban J connectivity index is 2.49. The molecule has 1 atom stereocenters. The zero-order chi connectivity index (χ0) is 13.1. The molecule has 0 saturated heterocycles. The summed E-state index contributed by atoms with van der Waals surface area (Å²) in [5.41, 5.74) is -0.192. The molecule has 2 rings (SSSR count). The molecule has 1 amide bonds. The van der Waals surface area contributed by atoms with E-state index in [1.807, 2.05) is 0 Å². The van der Waals surface area contributed by atoms with Gasteiger partial charge < -0.3 is 10.4 Å². The Kier molecular flexibility index (Phi) is 3.38. The molecule has 1 heterocycles. The summed E-state index contributed by atoms with van der Waals surface area (Å²) in [6.45, 7) is 1.51. The van der Waals surface area contributed by atoms with E-state index >= 15 is 0 Å². The van der Waals surface area contributed by atoms with Crippen LogP contribution in [0.25, 0.3) is 10.8 Å². The van der Waals surface area contributed by atoms with Crippen LogP contribution in [0.5, 0.6) is 0 Å². The molecule has 18 heavy (non-hydrogen) atoms. The third kappa shape index (κ3) is 2.23. The number of aromatic amines is 1. The molecule has 1 aromatic heterocycles. The van der Waals surface area contributed by atoms with Crippen LogP contribution < -0.4 is 10.9 Å². The number of carbonyl (C=O) groups is 1. The molecule has 0 aliphatic carbocycles. The smallest absolute Gasteiger partial charge is 0.272 e. The standard InChI is InChI=1S/C12H13N3O3/c1-7(6-16)13-12(18)10-8-4-2-3-5-9(8)11(17)15-14-10/h2-5,7,16H,6H2,1H3,(H,13,18)(H,15,17)/t7-/m0/s1. The molecule has 0 aliphatic rings. The van der Waals surface area contributed by atoms with E-state index in [0.29, 0.717) is 10.8 Å². The second-order valence-electron chi connectivity index (χ2n) is 4.00. The Morgan fingerprint density at radius 1 is 1.44 bits per heavy atom. The topological polar surface area (TPSA) is 95.1 Å². The highest BCUT2D eigenvalue weighted by Gasteiger charge is 2.15. The lowest BCUT2D eigenvalue weighted by atomic mass is 10.1. The molecule has 0 radical (unpaired) electrons. The van der Waals surface area contributed by atoms with E-state index in [1.54, 1.807) is 31.2 Å². The summed E-state index contributed by atoms with van der Waals surface area (Å²) in [6.07, 6.45) is 0. The van der Waals surface area contributed by atoms with Gasteiger partial charge in [0.25, 0.3) is 11.5 Å². The van der Waals surface area contributed by atoms with Crippen LogP contribution in [0.4, 0.5) is 0 Å². The van der Waals surface area contributed by atoms with Crippen molar-refractivity contribution in [3.63, 3.8) is 0 Å². The average Bonchev–Trinajstić information content (AvgIpc) is 2.39. The van der Waals surface area contributed by atoms with Crippen molar-refractivity contribution >= 4 is 16.7 Å². The quantitative estimate of drug-likeness (QED) is 0.713. The Morgan fingerprint density at radius 2 is 2.11 bits per heavy atom. The van der Waals surface area contributed by atoms with Crippen LogP contribution >= 0.6 is 0 Å². The van der Waals surface area contributed by atoms with E-state index in [1.165, 1.54) is 0 Å². The second-order valence-corrected chi connectivity index (χ2v) is 4.00. The van der Waals surface area contributed by atoms with Gasteiger partial charge in [0.1, 0.15) is 0 Å². The van der Waals surface area contributed by atoms with Gasteiger partial charge in [0, 0.05) is 11.4 Å². The van der Waals surface area contributed by atoms with Gasteiger partial charge in [-0.05, 0) is 13.0 Å². The molecule has 94 valence electrons. The van der Waals surface area contributed by atoms with Gasteiger partial charge in [-0.2, -0.15) is 5.10 Å². The minimum atomic E-state index is -0.427. The number of nitrogens with zero attached hydrogens (tertiary/aromatic N) is 1. The van der Waals surface area contributed by atoms with Crippen LogP contribution in [-0.2, 0) is 0 Å². The third-order valence-corrected chi connectivity index (χ3v) is 2.56. The van der Waals surface area contributed by atoms with E-state index in [0.717, 1.165) is 0 Å². The number of carbonyl (C=O) groups excluding carboxylic acids is 1. The maximum Gasteiger partial charge on any atom is 0.272 e. The van der Waals surface area contributed by atoms with Gasteiger partial charge in [-0.3, -0.25) is 9.59 Å². The SMILES string of the molecule is C[C@@H](CO)NC(=O)c1n[nH]c(=O)c2ccccc12. The zero-order valence-electron chi connectivity index (χ0n) is 9.80. The van der Waals surface area contributed by atoms with Gasteiger partial charge >= 0.3 is 0 Å². The second kappa shape index (κ2) is 4.97. The van der Waals surface area contributed by atoms with Crippen molar-refractivity contribution in [2.45, 2.75) is 13.0 Å². The van der Waals surface area contributed by atoms with Gasteiger partial charge in [0.2, 0.25) is 0 Å². The summed E-state index contributed by atoms with van der Waals surface area (Å²) < 4.78 is 0. The summed E-state index contributed by atoms with van der Waals surface area (Å²) in [6, 6.07) is 6.37. The molecule has 0 aliphatic heterocycles. The molecule has 0 saturated carbocycles. The van der Waals surface area contributed by atoms with Crippen LogP contribution in [0.3, 0.4) is 0 Å². The highest BCUT2D eigenvalue weighted by Crippen LogP contribution is 2.12. The van der Waals surface area contributed by atoms with Crippen LogP contribution in [0, 0.1) is 0 Å². The van der Waals surface area contributed by atoms with Crippen molar-refractivity contribution < 1.29 is 9.90 Å². The van der Waals surface area contributed by atoms with Crippen LogP contribution in [-0.4, -0.2) is 33.9 Å². The van der Waals surface area contributed by atoms with Crippen molar-refractivity contribution in [2.24, 2.45) is 0 Å². The van der Waals surface area contributed by atoms with Crippen molar-refractivity contribution in [1.82, 2.24) is 15.5 Å². The largest absolute Gasteiger partial charge is 0.394 e. The Labute approximate surface area is 103 Å². The lowest BCUT2D eigenvalue weighted by Crippen LogP contribution is -2.36. The van der Waals surface area contributed by atoms with Gasteiger partial charge in [0.15, 0.2) is 5.69 Å². The maximum absolute atomic E-state index is 11.9. The van der Waals surface area contributed by atoms with Crippen LogP contribution in [0.15, 0.2) is 29.1 Å². The molecule has 6 nitrogen and oxygen atoms in total. The average molecular weight is 247 g/mol. The fraction of sp³-hybridized carbons (Fsp3) is 0.250. The van der Waals surface area contributed by atoms with E-state index in [9.17, 15) is 9.59 Å². The molecular formula is C12H13N3O3. The highest BCUT2D eigenvalue weighted by molar-refractivity contribution is 6.04. The first-order chi connectivity index (χ1) is 8.63. The Hall–Kier alpha value is -2.21. The molecule has 0 unspecified atom stereocenters. The summed E-state index contributed by atoms with van der Waals surface area (Å²) in [5, 5.41) is 18.4. The van der Waals surface area contributed by atoms with E-state index < -0.39 is 5.91 Å². The summed E-state index contributed by atoms with van der Waals surface area (Å²) >= 11 is 0. The molecule has 1 aromatic carbocycles. The monoisotopic (exact) mass is 247 g/mol. The van der Waals surface area contributed by atoms with Gasteiger partial charge in [-0.1, -0.05) is 18.2 Å². The molecule has 0 spiro atoms. The number of rotatable bonds is 3. The van der Waals surface area contributed by atoms with Gasteiger partial charge in [0.05, 0.1) is 12.0 Å². The number of aliphatic hydroxyl groups excluding tert-OH is 1. The number of fused-ring (bicyclic) bond motifs is 1. The van der Waals surface area contributed by atoms with Crippen molar-refractivity contribution in [3.05, 3.63) is 40.3 Å². The number of hydrogen-bond acceptors (Lipinski definition) is 4. The number of aromatic nitrogens is 2. The molecule has 0 fully saturated rings. The number of benzene rings is 1. The Bertz CT molecular complexity index is 636. The zero-order valence-corrected chi connectivity index (χ0v) is 9.80. The molecule has 6 heteroatoms. The maximum atomic E-state index is 11.9. The van der Waals surface area contributed by atoms with Gasteiger partial charge in [-0.25, -0.2) is 5.10 Å². The molecule has 3 N–H and O–H groups in total. The fourth-order valence-corrected chi connectivity index (χ4v) is 1.63. The van der Waals surface area contributed by atoms with E-state index in [-0.39, 0.29) is 23.9 Å². The predicted molar refractivity (Wildman–Crippen MR) is 66.4 cm³/mol. The first kappa shape index (κ1) is 12.3. The number of H-pyrrole nitrogens is 1. The first-order valence-corrected chi connectivity index (χ1v) is 5.52. The highest BCUT2D eigenvalue weighted by atomic mass is 16.3. The number of aliphatic hydroxyl groups is 1. The minimum absolute atomic E-state index is 0.144. The normalized spacial score (nSPS) is 12.3. The predicted octanol–water partition coefficient (Wildman–Crippen LogP) is 0.0337. The first-order valence-electron chi connectivity index (χ1n) is 5.52. The number of amides is 1. The summed E-state index contributed by atoms with van der Waals surface area (Å²) in [4.78, 5) is 23.5. The fourth-order valence-electron chi connectivity index (χ4n) is 1.63. The van der Waals surface area contributed by atoms with Crippen molar-refractivity contribution in [1.29, 1.82) is 0 Å². The summed E-state index contributed by atoms with van der Waals surface area (Å²) in [7, 11) is 0. The van der Waals surface area contributed by atoms with Crippen molar-refractivity contribution in [3.8, 4) is 0 Å². The third-order valence-electron chi connectivity index (χ3n) is 2.56. The van der Waals surface area contributed by atoms with E-state index in [4.69, 9.17) is 5.11 Å². The lowest BCUT2D eigenvalue weighted by Gasteiger charge is -2.10. The van der Waals surface area contributed by atoms with Crippen molar-refractivity contribution in [2.75, 3.05) is 6.61 Å². The molecule has 0 bridgehead atoms. The minimum Gasteiger partial charge on any atom is -0.394 e. The van der Waals surface area contributed by atoms with Gasteiger partial charge in [-0.15, -0.1) is 0 Å². The molecule has 2 aromatic rings. The molecular weight excluding hydrogens is 234 g/mol. The Morgan fingerprint density at radius 3 is 2.78 bits per heavy atom. The van der Waals surface area contributed by atoms with E-state index in [2.05, 4.69) is 15.5 Å². The number of nitrogens with one attached hydrogen (secondary N) is 2. The van der Waals surface area contributed by atoms with Crippen LogP contribution in [0.1, 0.15) is 17.4 Å². The summed E-state index contributed by atoms with van der Waals surface area (Å²) in [5.74, 6) is -0.427. The van der Waals surface area contributed by atoms with Crippen LogP contribution in [0.2, 0.25) is 0 Å². The number of hydrogen-bond donors (Lipinski definition) is 3.